The quantitative estimate of drug-likeness (QED) is 0.865. The van der Waals surface area contributed by atoms with Gasteiger partial charge in [0.1, 0.15) is 11.8 Å². The first kappa shape index (κ1) is 10.6. The zero-order valence-electron chi connectivity index (χ0n) is 9.39. The first-order valence-corrected chi connectivity index (χ1v) is 5.49. The van der Waals surface area contributed by atoms with E-state index in [0.717, 1.165) is 11.3 Å². The molecule has 0 saturated carbocycles. The zero-order chi connectivity index (χ0) is 12.5. The number of carboxylic acids is 1. The monoisotopic (exact) mass is 242 g/mol. The van der Waals surface area contributed by atoms with E-state index in [-0.39, 0.29) is 11.9 Å². The number of carbonyl (C=O) groups is 1. The Bertz CT molecular complexity index is 639. The lowest BCUT2D eigenvalue weighted by Gasteiger charge is -1.99. The molecule has 3 heterocycles. The molecule has 0 bridgehead atoms. The molecule has 2 aromatic heterocycles. The van der Waals surface area contributed by atoms with E-state index in [2.05, 4.69) is 15.0 Å². The highest BCUT2D eigenvalue weighted by atomic mass is 16.4. The molecule has 1 aliphatic rings. The standard InChI is InChI=1S/C12H10N4O2/c17-12(18)9-6-13-10(15-9)5-8-7-16-4-2-1-3-11(16)14-8/h1-4,6-7,10H,5H2,(H,17,18). The highest BCUT2D eigenvalue weighted by Crippen LogP contribution is 2.11. The Hall–Kier alpha value is -2.50. The van der Waals surface area contributed by atoms with E-state index >= 15 is 0 Å². The van der Waals surface area contributed by atoms with Crippen LogP contribution < -0.4 is 0 Å². The van der Waals surface area contributed by atoms with E-state index in [1.165, 1.54) is 6.21 Å². The molecule has 0 radical (unpaired) electrons. The summed E-state index contributed by atoms with van der Waals surface area (Å²) in [6.45, 7) is 0. The minimum atomic E-state index is -1.05. The second-order valence-electron chi connectivity index (χ2n) is 3.98. The van der Waals surface area contributed by atoms with E-state index in [1.54, 1.807) is 0 Å². The van der Waals surface area contributed by atoms with Crippen LogP contribution >= 0.6 is 0 Å². The van der Waals surface area contributed by atoms with Crippen molar-refractivity contribution in [3.8, 4) is 0 Å². The van der Waals surface area contributed by atoms with Crippen LogP contribution in [0.2, 0.25) is 0 Å². The number of fused-ring (bicyclic) bond motifs is 1. The molecule has 0 amide bonds. The minimum Gasteiger partial charge on any atom is -0.476 e. The van der Waals surface area contributed by atoms with Crippen molar-refractivity contribution in [2.24, 2.45) is 9.98 Å². The van der Waals surface area contributed by atoms with Gasteiger partial charge in [-0.3, -0.25) is 4.99 Å². The molecule has 0 spiro atoms. The number of imidazole rings is 1. The second kappa shape index (κ2) is 4.06. The van der Waals surface area contributed by atoms with Crippen LogP contribution in [0.1, 0.15) is 5.69 Å². The van der Waals surface area contributed by atoms with Crippen LogP contribution in [0.5, 0.6) is 0 Å². The smallest absolute Gasteiger partial charge is 0.355 e. The van der Waals surface area contributed by atoms with Crippen molar-refractivity contribution >= 4 is 23.5 Å². The molecule has 3 rings (SSSR count). The second-order valence-corrected chi connectivity index (χ2v) is 3.98. The summed E-state index contributed by atoms with van der Waals surface area (Å²) in [7, 11) is 0. The third-order valence-corrected chi connectivity index (χ3v) is 2.68. The third kappa shape index (κ3) is 1.88. The Morgan fingerprint density at radius 1 is 1.44 bits per heavy atom. The Balaban J connectivity index is 1.82. The van der Waals surface area contributed by atoms with Gasteiger partial charge >= 0.3 is 5.97 Å². The SMILES string of the molecule is O=C(O)C1=NC(Cc2cn3ccccc3n2)N=C1. The Morgan fingerprint density at radius 3 is 3.06 bits per heavy atom. The van der Waals surface area contributed by atoms with Crippen molar-refractivity contribution < 1.29 is 9.90 Å². The molecule has 0 aliphatic carbocycles. The average Bonchev–Trinajstić information content (AvgIpc) is 2.94. The summed E-state index contributed by atoms with van der Waals surface area (Å²) in [6, 6.07) is 5.75. The number of nitrogens with zero attached hydrogens (tertiary/aromatic N) is 4. The lowest BCUT2D eigenvalue weighted by atomic mass is 10.3. The van der Waals surface area contributed by atoms with Crippen LogP contribution in [-0.4, -0.2) is 38.6 Å². The maximum absolute atomic E-state index is 10.7. The molecule has 1 N–H and O–H groups in total. The maximum atomic E-state index is 10.7. The molecule has 0 fully saturated rings. The van der Waals surface area contributed by atoms with Crippen molar-refractivity contribution in [3.63, 3.8) is 0 Å². The number of aliphatic imine (C=N–C) groups is 2. The summed E-state index contributed by atoms with van der Waals surface area (Å²) in [5, 5.41) is 8.77. The van der Waals surface area contributed by atoms with Crippen molar-refractivity contribution in [3.05, 3.63) is 36.3 Å². The average molecular weight is 242 g/mol. The number of aliphatic carboxylic acids is 1. The van der Waals surface area contributed by atoms with Crippen molar-refractivity contribution in [1.82, 2.24) is 9.38 Å². The topological polar surface area (TPSA) is 79.3 Å². The molecule has 1 aliphatic heterocycles. The van der Waals surface area contributed by atoms with Gasteiger partial charge in [-0.25, -0.2) is 14.8 Å². The number of pyridine rings is 1. The fourth-order valence-electron chi connectivity index (χ4n) is 1.87. The Morgan fingerprint density at radius 2 is 2.33 bits per heavy atom. The molecular formula is C12H10N4O2. The van der Waals surface area contributed by atoms with Gasteiger partial charge in [-0.1, -0.05) is 6.07 Å². The van der Waals surface area contributed by atoms with Crippen LogP contribution in [0.4, 0.5) is 0 Å². The molecule has 6 nitrogen and oxygen atoms in total. The number of rotatable bonds is 3. The minimum absolute atomic E-state index is 0.00349. The molecule has 0 aromatic carbocycles. The fourth-order valence-corrected chi connectivity index (χ4v) is 1.87. The summed E-state index contributed by atoms with van der Waals surface area (Å²) in [6.07, 6.45) is 5.24. The van der Waals surface area contributed by atoms with Crippen LogP contribution in [0.15, 0.2) is 40.6 Å². The summed E-state index contributed by atoms with van der Waals surface area (Å²) >= 11 is 0. The van der Waals surface area contributed by atoms with Gasteiger partial charge in [-0.05, 0) is 12.1 Å². The lowest BCUT2D eigenvalue weighted by Crippen LogP contribution is -2.12. The summed E-state index contributed by atoms with van der Waals surface area (Å²) < 4.78 is 1.91. The normalized spacial score (nSPS) is 18.2. The van der Waals surface area contributed by atoms with Gasteiger partial charge in [0, 0.05) is 18.8 Å². The Kier molecular flexibility index (Phi) is 2.40. The molecule has 1 atom stereocenters. The number of carboxylic acid groups (broad SMARTS) is 1. The highest BCUT2D eigenvalue weighted by molar-refractivity contribution is 6.59. The molecular weight excluding hydrogens is 232 g/mol. The first-order valence-electron chi connectivity index (χ1n) is 5.49. The zero-order valence-corrected chi connectivity index (χ0v) is 9.39. The summed E-state index contributed by atoms with van der Waals surface area (Å²) in [5.74, 6) is -1.05. The van der Waals surface area contributed by atoms with E-state index in [0.29, 0.717) is 6.42 Å². The Labute approximate surface area is 102 Å². The molecule has 1 unspecified atom stereocenters. The molecule has 18 heavy (non-hydrogen) atoms. The predicted molar refractivity (Wildman–Crippen MR) is 66.2 cm³/mol. The van der Waals surface area contributed by atoms with Gasteiger partial charge in [-0.2, -0.15) is 0 Å². The van der Waals surface area contributed by atoms with Crippen molar-refractivity contribution in [1.29, 1.82) is 0 Å². The molecule has 2 aromatic rings. The van der Waals surface area contributed by atoms with E-state index in [9.17, 15) is 4.79 Å². The van der Waals surface area contributed by atoms with Gasteiger partial charge in [0.05, 0.1) is 11.9 Å². The van der Waals surface area contributed by atoms with E-state index in [1.807, 2.05) is 35.0 Å². The van der Waals surface area contributed by atoms with Gasteiger partial charge in [0.15, 0.2) is 5.71 Å². The van der Waals surface area contributed by atoms with Gasteiger partial charge in [0.25, 0.3) is 0 Å². The largest absolute Gasteiger partial charge is 0.476 e. The van der Waals surface area contributed by atoms with Crippen LogP contribution in [-0.2, 0) is 11.2 Å². The van der Waals surface area contributed by atoms with Gasteiger partial charge in [0.2, 0.25) is 0 Å². The first-order chi connectivity index (χ1) is 8.72. The number of aromatic nitrogens is 2. The highest BCUT2D eigenvalue weighted by Gasteiger charge is 2.18. The molecule has 90 valence electrons. The van der Waals surface area contributed by atoms with Gasteiger partial charge < -0.3 is 9.51 Å². The van der Waals surface area contributed by atoms with E-state index < -0.39 is 5.97 Å². The summed E-state index contributed by atoms with van der Waals surface area (Å²) in [5.41, 5.74) is 1.71. The number of hydrogen-bond acceptors (Lipinski definition) is 4. The number of hydrogen-bond donors (Lipinski definition) is 1. The van der Waals surface area contributed by atoms with Crippen molar-refractivity contribution in [2.45, 2.75) is 12.6 Å². The van der Waals surface area contributed by atoms with Crippen LogP contribution in [0, 0.1) is 0 Å². The molecule has 6 heteroatoms. The maximum Gasteiger partial charge on any atom is 0.355 e. The van der Waals surface area contributed by atoms with E-state index in [4.69, 9.17) is 5.11 Å². The predicted octanol–water partition coefficient (Wildman–Crippen LogP) is 0.813. The van der Waals surface area contributed by atoms with Crippen molar-refractivity contribution in [2.75, 3.05) is 0 Å². The van der Waals surface area contributed by atoms with Crippen LogP contribution in [0.3, 0.4) is 0 Å². The van der Waals surface area contributed by atoms with Crippen LogP contribution in [0.25, 0.3) is 5.65 Å². The van der Waals surface area contributed by atoms with Gasteiger partial charge in [-0.15, -0.1) is 0 Å². The lowest BCUT2D eigenvalue weighted by molar-refractivity contribution is -0.129. The summed E-state index contributed by atoms with van der Waals surface area (Å²) in [4.78, 5) is 23.2. The fraction of sp³-hybridized carbons (Fsp3) is 0.167. The third-order valence-electron chi connectivity index (χ3n) is 2.68. The molecule has 0 saturated heterocycles.